The third-order valence-electron chi connectivity index (χ3n) is 5.96. The molecule has 0 spiro atoms. The Morgan fingerprint density at radius 2 is 1.85 bits per heavy atom. The molecule has 0 saturated heterocycles. The number of furan rings is 1. The lowest BCUT2D eigenvalue weighted by atomic mass is 10.1. The highest BCUT2D eigenvalue weighted by atomic mass is 16.3. The second-order valence-electron chi connectivity index (χ2n) is 8.49. The molecule has 168 valence electrons. The lowest BCUT2D eigenvalue weighted by Crippen LogP contribution is -2.25. The van der Waals surface area contributed by atoms with E-state index in [-0.39, 0.29) is 5.91 Å². The van der Waals surface area contributed by atoms with Crippen molar-refractivity contribution in [3.8, 4) is 22.5 Å². The summed E-state index contributed by atoms with van der Waals surface area (Å²) in [5.41, 5.74) is 6.17. The fraction of sp³-hybridized carbons (Fsp3) is 0.148. The van der Waals surface area contributed by atoms with Crippen LogP contribution in [0, 0.1) is 0 Å². The molecule has 0 unspecified atom stereocenters. The first-order valence-electron chi connectivity index (χ1n) is 11.3. The van der Waals surface area contributed by atoms with Gasteiger partial charge in [0.15, 0.2) is 11.5 Å². The number of benzene rings is 2. The zero-order valence-electron chi connectivity index (χ0n) is 18.4. The molecule has 7 nitrogen and oxygen atoms in total. The third kappa shape index (κ3) is 4.03. The van der Waals surface area contributed by atoms with Crippen molar-refractivity contribution in [1.29, 1.82) is 0 Å². The predicted octanol–water partition coefficient (Wildman–Crippen LogP) is 5.16. The molecule has 1 fully saturated rings. The molecule has 3 heterocycles. The summed E-state index contributed by atoms with van der Waals surface area (Å²) in [6.45, 7) is 0.574. The summed E-state index contributed by atoms with van der Waals surface area (Å²) in [6, 6.07) is 20.0. The second-order valence-corrected chi connectivity index (χ2v) is 8.49. The number of fused-ring (bicyclic) bond motifs is 1. The maximum Gasteiger partial charge on any atom is 0.251 e. The van der Waals surface area contributed by atoms with Crippen molar-refractivity contribution in [2.24, 2.45) is 0 Å². The highest BCUT2D eigenvalue weighted by Crippen LogP contribution is 2.28. The largest absolute Gasteiger partial charge is 0.472 e. The molecule has 0 atom stereocenters. The van der Waals surface area contributed by atoms with Gasteiger partial charge in [0.2, 0.25) is 0 Å². The van der Waals surface area contributed by atoms with Gasteiger partial charge in [-0.15, -0.1) is 0 Å². The number of nitrogens with one attached hydrogen (secondary N) is 2. The minimum atomic E-state index is -0.0199. The van der Waals surface area contributed by atoms with E-state index < -0.39 is 0 Å². The first kappa shape index (κ1) is 20.2. The Labute approximate surface area is 196 Å². The van der Waals surface area contributed by atoms with E-state index in [1.54, 1.807) is 12.5 Å². The molecule has 2 aromatic carbocycles. The summed E-state index contributed by atoms with van der Waals surface area (Å²) < 4.78 is 7.23. The smallest absolute Gasteiger partial charge is 0.251 e. The molecule has 2 N–H and O–H groups in total. The Kier molecular flexibility index (Phi) is 5.07. The van der Waals surface area contributed by atoms with E-state index in [2.05, 4.69) is 15.6 Å². The van der Waals surface area contributed by atoms with Gasteiger partial charge in [-0.25, -0.2) is 9.97 Å². The van der Waals surface area contributed by atoms with Crippen LogP contribution >= 0.6 is 0 Å². The van der Waals surface area contributed by atoms with Crippen LogP contribution in [0.2, 0.25) is 0 Å². The van der Waals surface area contributed by atoms with E-state index in [0.717, 1.165) is 46.6 Å². The van der Waals surface area contributed by atoms with Gasteiger partial charge in [0.25, 0.3) is 5.91 Å². The first-order chi connectivity index (χ1) is 16.7. The van der Waals surface area contributed by atoms with Gasteiger partial charge in [0, 0.05) is 41.0 Å². The Hall–Kier alpha value is -4.39. The van der Waals surface area contributed by atoms with Crippen LogP contribution in [-0.4, -0.2) is 26.3 Å². The van der Waals surface area contributed by atoms with Crippen LogP contribution in [0.15, 0.2) is 90.0 Å². The standard InChI is InChI=1S/C27H23N5O2/c33-27(30-22-10-11-22)21-8-6-20(7-9-21)24-15-29-26-25(28-14-18-12-13-34-17-18)31-23(16-32(24)26)19-4-2-1-3-5-19/h1-9,12-13,15-17,22H,10-11,14H2,(H,28,31)(H,30,33). The minimum absolute atomic E-state index is 0.0199. The van der Waals surface area contributed by atoms with Gasteiger partial charge in [-0.3, -0.25) is 9.20 Å². The highest BCUT2D eigenvalue weighted by Gasteiger charge is 2.23. The fourth-order valence-corrected chi connectivity index (χ4v) is 3.94. The molecule has 6 rings (SSSR count). The Morgan fingerprint density at radius 1 is 1.03 bits per heavy atom. The average molecular weight is 450 g/mol. The normalized spacial score (nSPS) is 13.2. The Bertz CT molecular complexity index is 1440. The Balaban J connectivity index is 1.38. The highest BCUT2D eigenvalue weighted by molar-refractivity contribution is 5.95. The fourth-order valence-electron chi connectivity index (χ4n) is 3.94. The van der Waals surface area contributed by atoms with Crippen LogP contribution in [0.4, 0.5) is 5.82 Å². The summed E-state index contributed by atoms with van der Waals surface area (Å²) in [4.78, 5) is 21.9. The van der Waals surface area contributed by atoms with Crippen LogP contribution in [0.25, 0.3) is 28.2 Å². The quantitative estimate of drug-likeness (QED) is 0.359. The van der Waals surface area contributed by atoms with Crippen molar-refractivity contribution in [2.45, 2.75) is 25.4 Å². The van der Waals surface area contributed by atoms with E-state index in [1.165, 1.54) is 0 Å². The van der Waals surface area contributed by atoms with Crippen LogP contribution in [0.5, 0.6) is 0 Å². The molecular formula is C27H23N5O2. The Morgan fingerprint density at radius 3 is 2.59 bits per heavy atom. The number of amides is 1. The van der Waals surface area contributed by atoms with Crippen LogP contribution in [0.1, 0.15) is 28.8 Å². The van der Waals surface area contributed by atoms with E-state index in [0.29, 0.717) is 24.0 Å². The molecule has 1 saturated carbocycles. The number of imidazole rings is 1. The van der Waals surface area contributed by atoms with Gasteiger partial charge in [-0.2, -0.15) is 0 Å². The van der Waals surface area contributed by atoms with Gasteiger partial charge in [-0.1, -0.05) is 42.5 Å². The molecule has 0 aliphatic heterocycles. The van der Waals surface area contributed by atoms with Crippen molar-refractivity contribution in [2.75, 3.05) is 5.32 Å². The van der Waals surface area contributed by atoms with Crippen molar-refractivity contribution in [1.82, 2.24) is 19.7 Å². The molecular weight excluding hydrogens is 426 g/mol. The average Bonchev–Trinajstić information content (AvgIpc) is 3.35. The molecule has 3 aromatic heterocycles. The van der Waals surface area contributed by atoms with Gasteiger partial charge >= 0.3 is 0 Å². The molecule has 1 aliphatic rings. The topological polar surface area (TPSA) is 84.5 Å². The number of carbonyl (C=O) groups is 1. The van der Waals surface area contributed by atoms with E-state index in [1.807, 2.05) is 77.5 Å². The predicted molar refractivity (Wildman–Crippen MR) is 130 cm³/mol. The van der Waals surface area contributed by atoms with Gasteiger partial charge in [-0.05, 0) is 31.0 Å². The SMILES string of the molecule is O=C(NC1CC1)c1ccc(-c2cnc3c(NCc4ccoc4)nc(-c4ccccc4)cn23)cc1. The third-order valence-corrected chi connectivity index (χ3v) is 5.96. The van der Waals surface area contributed by atoms with Gasteiger partial charge < -0.3 is 15.1 Å². The molecule has 0 radical (unpaired) electrons. The minimum Gasteiger partial charge on any atom is -0.472 e. The number of hydrogen-bond acceptors (Lipinski definition) is 5. The zero-order valence-corrected chi connectivity index (χ0v) is 18.4. The molecule has 1 aliphatic carbocycles. The van der Waals surface area contributed by atoms with Crippen molar-refractivity contribution in [3.05, 3.63) is 96.7 Å². The van der Waals surface area contributed by atoms with Crippen LogP contribution in [0.3, 0.4) is 0 Å². The summed E-state index contributed by atoms with van der Waals surface area (Å²) in [7, 11) is 0. The van der Waals surface area contributed by atoms with Crippen LogP contribution < -0.4 is 10.6 Å². The molecule has 1 amide bonds. The second kappa shape index (κ2) is 8.51. The first-order valence-corrected chi connectivity index (χ1v) is 11.3. The molecule has 34 heavy (non-hydrogen) atoms. The van der Waals surface area contributed by atoms with E-state index in [9.17, 15) is 4.79 Å². The molecule has 0 bridgehead atoms. The lowest BCUT2D eigenvalue weighted by molar-refractivity contribution is 0.0951. The van der Waals surface area contributed by atoms with Crippen molar-refractivity contribution in [3.63, 3.8) is 0 Å². The number of nitrogens with zero attached hydrogens (tertiary/aromatic N) is 3. The number of rotatable bonds is 7. The van der Waals surface area contributed by atoms with Crippen molar-refractivity contribution < 1.29 is 9.21 Å². The summed E-state index contributed by atoms with van der Waals surface area (Å²) >= 11 is 0. The molecule has 5 aromatic rings. The van der Waals surface area contributed by atoms with E-state index >= 15 is 0 Å². The summed E-state index contributed by atoms with van der Waals surface area (Å²) in [5, 5.41) is 6.44. The lowest BCUT2D eigenvalue weighted by Gasteiger charge is -2.11. The number of carbonyl (C=O) groups excluding carboxylic acids is 1. The van der Waals surface area contributed by atoms with E-state index in [4.69, 9.17) is 9.40 Å². The van der Waals surface area contributed by atoms with Gasteiger partial charge in [0.1, 0.15) is 0 Å². The number of hydrogen-bond donors (Lipinski definition) is 2. The van der Waals surface area contributed by atoms with Crippen LogP contribution in [-0.2, 0) is 6.54 Å². The number of anilines is 1. The van der Waals surface area contributed by atoms with Crippen molar-refractivity contribution >= 4 is 17.4 Å². The summed E-state index contributed by atoms with van der Waals surface area (Å²) in [6.07, 6.45) is 9.35. The number of aromatic nitrogens is 3. The molecule has 7 heteroatoms. The maximum atomic E-state index is 12.4. The summed E-state index contributed by atoms with van der Waals surface area (Å²) in [5.74, 6) is 0.669. The van der Waals surface area contributed by atoms with Gasteiger partial charge in [0.05, 0.1) is 30.1 Å². The monoisotopic (exact) mass is 449 g/mol. The maximum absolute atomic E-state index is 12.4. The zero-order chi connectivity index (χ0) is 22.9.